The number of rotatable bonds is 4. The number of aromatic nitrogens is 2. The zero-order valence-corrected chi connectivity index (χ0v) is 11.0. The molecule has 1 aromatic carbocycles. The van der Waals surface area contributed by atoms with Gasteiger partial charge in [0.05, 0.1) is 11.4 Å². The molecule has 0 fully saturated rings. The molecule has 0 bridgehead atoms. The first-order valence-electron chi connectivity index (χ1n) is 5.23. The molecule has 17 heavy (non-hydrogen) atoms. The molecule has 0 spiro atoms. The van der Waals surface area contributed by atoms with Crippen molar-refractivity contribution < 1.29 is 4.52 Å². The highest BCUT2D eigenvalue weighted by molar-refractivity contribution is 9.10. The average Bonchev–Trinajstić information content (AvgIpc) is 2.68. The highest BCUT2D eigenvalue weighted by Gasteiger charge is 2.03. The fourth-order valence-corrected chi connectivity index (χ4v) is 1.82. The highest BCUT2D eigenvalue weighted by atomic mass is 79.9. The summed E-state index contributed by atoms with van der Waals surface area (Å²) in [6, 6.07) is 5.73. The van der Waals surface area contributed by atoms with Crippen LogP contribution in [-0.4, -0.2) is 16.7 Å². The van der Waals surface area contributed by atoms with E-state index in [0.717, 1.165) is 10.2 Å². The van der Waals surface area contributed by atoms with Gasteiger partial charge in [-0.25, -0.2) is 0 Å². The lowest BCUT2D eigenvalue weighted by molar-refractivity contribution is 0.377. The summed E-state index contributed by atoms with van der Waals surface area (Å²) in [5, 5.41) is 6.95. The van der Waals surface area contributed by atoms with Gasteiger partial charge < -0.3 is 15.6 Å². The molecule has 0 aliphatic carbocycles. The van der Waals surface area contributed by atoms with E-state index in [0.29, 0.717) is 30.4 Å². The minimum Gasteiger partial charge on any atom is -0.397 e. The summed E-state index contributed by atoms with van der Waals surface area (Å²) in [6.07, 6.45) is 0.677. The maximum absolute atomic E-state index is 5.86. The summed E-state index contributed by atoms with van der Waals surface area (Å²) >= 11 is 3.36. The van der Waals surface area contributed by atoms with Gasteiger partial charge in [0.1, 0.15) is 0 Å². The number of nitrogen functional groups attached to an aromatic ring is 1. The summed E-state index contributed by atoms with van der Waals surface area (Å²) in [6.45, 7) is 2.50. The van der Waals surface area contributed by atoms with Crippen LogP contribution in [0.15, 0.2) is 27.2 Å². The van der Waals surface area contributed by atoms with Crippen molar-refractivity contribution in [2.45, 2.75) is 13.3 Å². The Morgan fingerprint density at radius 2 is 2.29 bits per heavy atom. The zero-order chi connectivity index (χ0) is 12.3. The molecule has 1 aromatic heterocycles. The van der Waals surface area contributed by atoms with Gasteiger partial charge in [0.25, 0.3) is 0 Å². The molecule has 90 valence electrons. The van der Waals surface area contributed by atoms with E-state index in [4.69, 9.17) is 10.3 Å². The van der Waals surface area contributed by atoms with E-state index in [1.165, 1.54) is 0 Å². The standard InChI is InChI=1S/C11H13BrN4O/c1-7-15-11(17-16-7)4-5-14-10-3-2-8(12)6-9(10)13/h2-3,6,14H,4-5,13H2,1H3. The molecule has 6 heteroatoms. The topological polar surface area (TPSA) is 77.0 Å². The van der Waals surface area contributed by atoms with Crippen molar-refractivity contribution in [1.29, 1.82) is 0 Å². The minimum atomic E-state index is 0.630. The van der Waals surface area contributed by atoms with E-state index < -0.39 is 0 Å². The summed E-state index contributed by atoms with van der Waals surface area (Å²) in [4.78, 5) is 4.12. The van der Waals surface area contributed by atoms with Crippen LogP contribution in [0.3, 0.4) is 0 Å². The second kappa shape index (κ2) is 5.18. The largest absolute Gasteiger partial charge is 0.397 e. The third kappa shape index (κ3) is 3.20. The molecule has 5 nitrogen and oxygen atoms in total. The van der Waals surface area contributed by atoms with Crippen molar-refractivity contribution in [3.8, 4) is 0 Å². The van der Waals surface area contributed by atoms with Crippen LogP contribution in [-0.2, 0) is 6.42 Å². The van der Waals surface area contributed by atoms with Crippen LogP contribution in [0.5, 0.6) is 0 Å². The fraction of sp³-hybridized carbons (Fsp3) is 0.273. The summed E-state index contributed by atoms with van der Waals surface area (Å²) < 4.78 is 5.98. The van der Waals surface area contributed by atoms with Gasteiger partial charge in [-0.05, 0) is 25.1 Å². The Labute approximate surface area is 108 Å². The van der Waals surface area contributed by atoms with Crippen LogP contribution in [0.2, 0.25) is 0 Å². The van der Waals surface area contributed by atoms with Crippen molar-refractivity contribution in [3.63, 3.8) is 0 Å². The summed E-state index contributed by atoms with van der Waals surface area (Å²) in [5.74, 6) is 1.29. The molecule has 0 aliphatic rings. The number of hydrogen-bond acceptors (Lipinski definition) is 5. The number of halogens is 1. The molecular formula is C11H13BrN4O. The predicted molar refractivity (Wildman–Crippen MR) is 69.8 cm³/mol. The first-order valence-corrected chi connectivity index (χ1v) is 6.02. The smallest absolute Gasteiger partial charge is 0.228 e. The van der Waals surface area contributed by atoms with Crippen LogP contribution in [0, 0.1) is 6.92 Å². The molecule has 1 heterocycles. The van der Waals surface area contributed by atoms with E-state index in [2.05, 4.69) is 31.4 Å². The van der Waals surface area contributed by atoms with E-state index in [9.17, 15) is 0 Å². The number of benzene rings is 1. The lowest BCUT2D eigenvalue weighted by atomic mass is 10.2. The third-order valence-corrected chi connectivity index (χ3v) is 2.73. The second-order valence-corrected chi connectivity index (χ2v) is 4.56. The molecular weight excluding hydrogens is 284 g/mol. The van der Waals surface area contributed by atoms with Crippen molar-refractivity contribution in [3.05, 3.63) is 34.4 Å². The van der Waals surface area contributed by atoms with Crippen molar-refractivity contribution >= 4 is 27.3 Å². The van der Waals surface area contributed by atoms with Gasteiger partial charge in [-0.2, -0.15) is 4.98 Å². The molecule has 2 aromatic rings. The third-order valence-electron chi connectivity index (χ3n) is 2.24. The Kier molecular flexibility index (Phi) is 3.63. The monoisotopic (exact) mass is 296 g/mol. The first-order chi connectivity index (χ1) is 8.15. The maximum atomic E-state index is 5.86. The Bertz CT molecular complexity index is 512. The molecule has 3 N–H and O–H groups in total. The van der Waals surface area contributed by atoms with Crippen molar-refractivity contribution in [2.75, 3.05) is 17.6 Å². The van der Waals surface area contributed by atoms with Crippen LogP contribution in [0.25, 0.3) is 0 Å². The lowest BCUT2D eigenvalue weighted by Gasteiger charge is -2.08. The van der Waals surface area contributed by atoms with Crippen LogP contribution in [0.4, 0.5) is 11.4 Å². The van der Waals surface area contributed by atoms with Crippen LogP contribution < -0.4 is 11.1 Å². The highest BCUT2D eigenvalue weighted by Crippen LogP contribution is 2.22. The van der Waals surface area contributed by atoms with Gasteiger partial charge in [0.2, 0.25) is 5.89 Å². The quantitative estimate of drug-likeness (QED) is 0.847. The summed E-state index contributed by atoms with van der Waals surface area (Å²) in [7, 11) is 0. The Morgan fingerprint density at radius 1 is 1.47 bits per heavy atom. The molecule has 0 saturated heterocycles. The van der Waals surface area contributed by atoms with Gasteiger partial charge in [-0.1, -0.05) is 21.1 Å². The Balaban J connectivity index is 1.90. The summed E-state index contributed by atoms with van der Waals surface area (Å²) in [5.41, 5.74) is 7.48. The Morgan fingerprint density at radius 3 is 2.94 bits per heavy atom. The zero-order valence-electron chi connectivity index (χ0n) is 9.40. The number of aryl methyl sites for hydroxylation is 1. The van der Waals surface area contributed by atoms with E-state index >= 15 is 0 Å². The van der Waals surface area contributed by atoms with Crippen LogP contribution in [0.1, 0.15) is 11.7 Å². The van der Waals surface area contributed by atoms with Gasteiger partial charge >= 0.3 is 0 Å². The van der Waals surface area contributed by atoms with Crippen LogP contribution >= 0.6 is 15.9 Å². The fourth-order valence-electron chi connectivity index (χ4n) is 1.44. The molecule has 0 amide bonds. The number of nitrogens with one attached hydrogen (secondary N) is 1. The maximum Gasteiger partial charge on any atom is 0.228 e. The van der Waals surface area contributed by atoms with E-state index in [1.54, 1.807) is 6.92 Å². The van der Waals surface area contributed by atoms with Gasteiger partial charge in [0, 0.05) is 17.4 Å². The molecule has 2 rings (SSSR count). The van der Waals surface area contributed by atoms with E-state index in [1.807, 2.05) is 18.2 Å². The normalized spacial score (nSPS) is 10.5. The SMILES string of the molecule is Cc1noc(CCNc2ccc(Br)cc2N)n1. The average molecular weight is 297 g/mol. The van der Waals surface area contributed by atoms with Gasteiger partial charge in [0.15, 0.2) is 5.82 Å². The molecule has 0 radical (unpaired) electrons. The Hall–Kier alpha value is -1.56. The predicted octanol–water partition coefficient (Wildman–Crippen LogP) is 2.38. The van der Waals surface area contributed by atoms with Gasteiger partial charge in [-0.15, -0.1) is 0 Å². The number of hydrogen-bond donors (Lipinski definition) is 2. The molecule has 0 unspecified atom stereocenters. The molecule has 0 aliphatic heterocycles. The number of nitrogens with two attached hydrogens (primary N) is 1. The van der Waals surface area contributed by atoms with Crippen molar-refractivity contribution in [2.24, 2.45) is 0 Å². The number of nitrogens with zero attached hydrogens (tertiary/aromatic N) is 2. The minimum absolute atomic E-state index is 0.630. The van der Waals surface area contributed by atoms with E-state index in [-0.39, 0.29) is 0 Å². The second-order valence-electron chi connectivity index (χ2n) is 3.64. The molecule has 0 saturated carbocycles. The number of anilines is 2. The molecule has 0 atom stereocenters. The van der Waals surface area contributed by atoms with Crippen molar-refractivity contribution in [1.82, 2.24) is 10.1 Å². The lowest BCUT2D eigenvalue weighted by Crippen LogP contribution is -2.07. The van der Waals surface area contributed by atoms with Gasteiger partial charge in [-0.3, -0.25) is 0 Å². The first kappa shape index (κ1) is 11.9.